The maximum atomic E-state index is 12.3. The van der Waals surface area contributed by atoms with Gasteiger partial charge in [0.15, 0.2) is 0 Å². The van der Waals surface area contributed by atoms with Crippen LogP contribution in [0.3, 0.4) is 0 Å². The molecule has 2 aromatic rings. The Hall–Kier alpha value is -1.03. The lowest BCUT2D eigenvalue weighted by molar-refractivity contribution is 0.601. The highest BCUT2D eigenvalue weighted by atomic mass is 79.9. The summed E-state index contributed by atoms with van der Waals surface area (Å²) in [6.07, 6.45) is 4.15. The van der Waals surface area contributed by atoms with Crippen molar-refractivity contribution in [2.24, 2.45) is 0 Å². The minimum atomic E-state index is -3.64. The van der Waals surface area contributed by atoms with Crippen LogP contribution < -0.4 is 10.0 Å². The highest BCUT2D eigenvalue weighted by Gasteiger charge is 2.21. The summed E-state index contributed by atoms with van der Waals surface area (Å²) in [7, 11) is -3.64. The molecule has 0 aromatic carbocycles. The highest BCUT2D eigenvalue weighted by Crippen LogP contribution is 2.32. The van der Waals surface area contributed by atoms with Crippen molar-refractivity contribution >= 4 is 43.0 Å². The molecule has 0 saturated heterocycles. The van der Waals surface area contributed by atoms with E-state index >= 15 is 0 Å². The van der Waals surface area contributed by atoms with E-state index in [2.05, 4.69) is 35.9 Å². The SMILES string of the molecule is CCNCc1cc(S(=O)(=O)Nc2cncnc2)c(Br)s1. The van der Waals surface area contributed by atoms with E-state index in [0.717, 1.165) is 11.4 Å². The lowest BCUT2D eigenvalue weighted by Crippen LogP contribution is -2.13. The van der Waals surface area contributed by atoms with Crippen molar-refractivity contribution in [3.8, 4) is 0 Å². The van der Waals surface area contributed by atoms with Crippen LogP contribution in [0.1, 0.15) is 11.8 Å². The third-order valence-electron chi connectivity index (χ3n) is 2.36. The molecule has 9 heteroatoms. The molecule has 0 radical (unpaired) electrons. The third kappa shape index (κ3) is 3.75. The van der Waals surface area contributed by atoms with Gasteiger partial charge in [0.25, 0.3) is 10.0 Å². The van der Waals surface area contributed by atoms with Gasteiger partial charge < -0.3 is 5.32 Å². The summed E-state index contributed by atoms with van der Waals surface area (Å²) in [6, 6.07) is 1.66. The number of thiophene rings is 1. The van der Waals surface area contributed by atoms with Crippen molar-refractivity contribution in [3.05, 3.63) is 33.5 Å². The summed E-state index contributed by atoms with van der Waals surface area (Å²) in [6.45, 7) is 3.47. The maximum Gasteiger partial charge on any atom is 0.263 e. The van der Waals surface area contributed by atoms with Crippen LogP contribution >= 0.6 is 27.3 Å². The Bertz CT molecular complexity index is 673. The van der Waals surface area contributed by atoms with Gasteiger partial charge in [-0.15, -0.1) is 11.3 Å². The average molecular weight is 377 g/mol. The molecule has 0 unspecified atom stereocenters. The van der Waals surface area contributed by atoms with Crippen LogP contribution in [-0.2, 0) is 16.6 Å². The molecule has 0 spiro atoms. The average Bonchev–Trinajstić information content (AvgIpc) is 2.79. The molecular formula is C11H13BrN4O2S2. The first kappa shape index (κ1) is 15.4. The molecule has 0 aliphatic carbocycles. The van der Waals surface area contributed by atoms with Gasteiger partial charge in [0.05, 0.1) is 21.9 Å². The molecule has 2 heterocycles. The largest absolute Gasteiger partial charge is 0.312 e. The van der Waals surface area contributed by atoms with Crippen molar-refractivity contribution in [2.45, 2.75) is 18.4 Å². The molecule has 20 heavy (non-hydrogen) atoms. The van der Waals surface area contributed by atoms with Crippen LogP contribution in [0.2, 0.25) is 0 Å². The normalized spacial score (nSPS) is 11.5. The second-order valence-electron chi connectivity index (χ2n) is 3.86. The molecule has 0 saturated carbocycles. The van der Waals surface area contributed by atoms with Crippen LogP contribution in [-0.4, -0.2) is 24.9 Å². The zero-order chi connectivity index (χ0) is 14.6. The molecule has 0 amide bonds. The third-order valence-corrected chi connectivity index (χ3v) is 5.99. The van der Waals surface area contributed by atoms with Crippen molar-refractivity contribution in [3.63, 3.8) is 0 Å². The molecule has 2 aromatic heterocycles. The Labute approximate surface area is 129 Å². The van der Waals surface area contributed by atoms with Gasteiger partial charge in [-0.2, -0.15) is 0 Å². The molecule has 0 atom stereocenters. The summed E-state index contributed by atoms with van der Waals surface area (Å²) < 4.78 is 27.6. The van der Waals surface area contributed by atoms with Gasteiger partial charge in [0.2, 0.25) is 0 Å². The number of hydrogen-bond donors (Lipinski definition) is 2. The van der Waals surface area contributed by atoms with Gasteiger partial charge in [0.1, 0.15) is 11.2 Å². The predicted octanol–water partition coefficient (Wildman–Crippen LogP) is 2.21. The fraction of sp³-hybridized carbons (Fsp3) is 0.273. The number of halogens is 1. The number of hydrogen-bond acceptors (Lipinski definition) is 6. The molecule has 6 nitrogen and oxygen atoms in total. The van der Waals surface area contributed by atoms with Crippen molar-refractivity contribution in [2.75, 3.05) is 11.3 Å². The zero-order valence-electron chi connectivity index (χ0n) is 10.6. The van der Waals surface area contributed by atoms with Gasteiger partial charge >= 0.3 is 0 Å². The highest BCUT2D eigenvalue weighted by molar-refractivity contribution is 9.11. The molecule has 0 aliphatic heterocycles. The van der Waals surface area contributed by atoms with Crippen LogP contribution in [0.15, 0.2) is 33.5 Å². The topological polar surface area (TPSA) is 84.0 Å². The minimum Gasteiger partial charge on any atom is -0.312 e. The van der Waals surface area contributed by atoms with E-state index in [0.29, 0.717) is 16.0 Å². The fourth-order valence-electron chi connectivity index (χ4n) is 1.48. The Morgan fingerprint density at radius 2 is 2.05 bits per heavy atom. The van der Waals surface area contributed by atoms with E-state index in [4.69, 9.17) is 0 Å². The quantitative estimate of drug-likeness (QED) is 0.807. The van der Waals surface area contributed by atoms with Gasteiger partial charge in [-0.3, -0.25) is 4.72 Å². The summed E-state index contributed by atoms with van der Waals surface area (Å²) >= 11 is 4.69. The molecule has 0 aliphatic rings. The number of anilines is 1. The summed E-state index contributed by atoms with van der Waals surface area (Å²) in [5.74, 6) is 0. The Kier molecular flexibility index (Phi) is 5.08. The van der Waals surface area contributed by atoms with Crippen molar-refractivity contribution in [1.82, 2.24) is 15.3 Å². The van der Waals surface area contributed by atoms with Gasteiger partial charge in [-0.25, -0.2) is 18.4 Å². The number of aromatic nitrogens is 2. The lowest BCUT2D eigenvalue weighted by atomic mass is 10.4. The Morgan fingerprint density at radius 1 is 1.35 bits per heavy atom. The second kappa shape index (κ2) is 6.61. The van der Waals surface area contributed by atoms with Crippen LogP contribution in [0.4, 0.5) is 5.69 Å². The first-order valence-corrected chi connectivity index (χ1v) is 8.89. The molecule has 2 N–H and O–H groups in total. The number of sulfonamides is 1. The zero-order valence-corrected chi connectivity index (χ0v) is 13.8. The molecule has 0 bridgehead atoms. The minimum absolute atomic E-state index is 0.222. The van der Waals surface area contributed by atoms with Gasteiger partial charge in [-0.05, 0) is 28.5 Å². The Morgan fingerprint density at radius 3 is 2.70 bits per heavy atom. The molecular weight excluding hydrogens is 364 g/mol. The van der Waals surface area contributed by atoms with Gasteiger partial charge in [0, 0.05) is 11.4 Å². The van der Waals surface area contributed by atoms with Crippen LogP contribution in [0.25, 0.3) is 0 Å². The standard InChI is InChI=1S/C11H13BrN4O2S2/c1-2-13-6-9-3-10(11(12)19-9)20(17,18)16-8-4-14-7-15-5-8/h3-5,7,13,16H,2,6H2,1H3. The Balaban J connectivity index is 2.23. The predicted molar refractivity (Wildman–Crippen MR) is 82.2 cm³/mol. The summed E-state index contributed by atoms with van der Waals surface area (Å²) in [5, 5.41) is 3.16. The van der Waals surface area contributed by atoms with Crippen LogP contribution in [0, 0.1) is 0 Å². The summed E-state index contributed by atoms with van der Waals surface area (Å²) in [5.41, 5.74) is 0.332. The first-order valence-electron chi connectivity index (χ1n) is 5.79. The van der Waals surface area contributed by atoms with Gasteiger partial charge in [-0.1, -0.05) is 6.92 Å². The second-order valence-corrected chi connectivity index (χ2v) is 7.97. The maximum absolute atomic E-state index is 12.3. The van der Waals surface area contributed by atoms with E-state index < -0.39 is 10.0 Å². The number of rotatable bonds is 6. The number of nitrogens with zero attached hydrogens (tertiary/aromatic N) is 2. The van der Waals surface area contributed by atoms with Crippen LogP contribution in [0.5, 0.6) is 0 Å². The van der Waals surface area contributed by atoms with E-state index in [-0.39, 0.29) is 4.90 Å². The smallest absolute Gasteiger partial charge is 0.263 e. The molecule has 0 fully saturated rings. The van der Waals surface area contributed by atoms with Crippen molar-refractivity contribution < 1.29 is 8.42 Å². The van der Waals surface area contributed by atoms with E-state index in [1.54, 1.807) is 6.07 Å². The monoisotopic (exact) mass is 376 g/mol. The summed E-state index contributed by atoms with van der Waals surface area (Å²) in [4.78, 5) is 8.72. The van der Waals surface area contributed by atoms with E-state index in [1.807, 2.05) is 6.92 Å². The lowest BCUT2D eigenvalue weighted by Gasteiger charge is -2.05. The fourth-order valence-corrected chi connectivity index (χ4v) is 5.16. The molecule has 2 rings (SSSR count). The van der Waals surface area contributed by atoms with Crippen molar-refractivity contribution in [1.29, 1.82) is 0 Å². The van der Waals surface area contributed by atoms with E-state index in [1.165, 1.54) is 30.1 Å². The van der Waals surface area contributed by atoms with E-state index in [9.17, 15) is 8.42 Å². The molecule has 108 valence electrons. The number of nitrogens with one attached hydrogen (secondary N) is 2. The first-order chi connectivity index (χ1) is 9.53.